The third kappa shape index (κ3) is 3.91. The maximum atomic E-state index is 5.84. The average Bonchev–Trinajstić information content (AvgIpc) is 2.38. The summed E-state index contributed by atoms with van der Waals surface area (Å²) >= 11 is 0. The highest BCUT2D eigenvalue weighted by Gasteiger charge is 2.31. The highest BCUT2D eigenvalue weighted by atomic mass is 16.6. The van der Waals surface area contributed by atoms with E-state index in [9.17, 15) is 0 Å². The number of rotatable bonds is 4. The van der Waals surface area contributed by atoms with Crippen LogP contribution in [0, 0.1) is 0 Å². The number of nitrogens with one attached hydrogen (secondary N) is 1. The Bertz CT molecular complexity index is 231. The van der Waals surface area contributed by atoms with Gasteiger partial charge >= 0.3 is 0 Å². The van der Waals surface area contributed by atoms with E-state index in [0.29, 0.717) is 6.04 Å². The maximum absolute atomic E-state index is 5.84. The molecule has 17 heavy (non-hydrogen) atoms. The molecule has 0 spiro atoms. The van der Waals surface area contributed by atoms with Gasteiger partial charge in [0, 0.05) is 19.2 Å². The molecule has 0 amide bonds. The van der Waals surface area contributed by atoms with E-state index in [-0.39, 0.29) is 11.7 Å². The molecule has 2 rings (SSSR count). The van der Waals surface area contributed by atoms with Crippen molar-refractivity contribution >= 4 is 0 Å². The maximum Gasteiger partial charge on any atom is 0.0933 e. The topological polar surface area (TPSA) is 39.7 Å². The van der Waals surface area contributed by atoms with Crippen molar-refractivity contribution in [3.05, 3.63) is 0 Å². The quantitative estimate of drug-likeness (QED) is 0.809. The molecule has 2 heterocycles. The molecule has 2 aliphatic rings. The van der Waals surface area contributed by atoms with Gasteiger partial charge in [0.25, 0.3) is 0 Å². The Morgan fingerprint density at radius 2 is 2.18 bits per heavy atom. The second-order valence-corrected chi connectivity index (χ2v) is 5.32. The van der Waals surface area contributed by atoms with Gasteiger partial charge in [0.15, 0.2) is 0 Å². The van der Waals surface area contributed by atoms with Gasteiger partial charge in [0.2, 0.25) is 0 Å². The third-order valence-corrected chi connectivity index (χ3v) is 3.86. The van der Waals surface area contributed by atoms with Crippen LogP contribution in [0.15, 0.2) is 0 Å². The van der Waals surface area contributed by atoms with Crippen molar-refractivity contribution in [2.24, 2.45) is 0 Å². The largest absolute Gasteiger partial charge is 0.376 e. The second-order valence-electron chi connectivity index (χ2n) is 5.32. The Balaban J connectivity index is 1.71. The molecule has 0 aromatic carbocycles. The Hall–Kier alpha value is -0.160. The van der Waals surface area contributed by atoms with Crippen LogP contribution in [0.1, 0.15) is 33.1 Å². The molecular formula is C13H25NO3. The van der Waals surface area contributed by atoms with E-state index in [2.05, 4.69) is 19.2 Å². The van der Waals surface area contributed by atoms with Crippen LogP contribution in [0.3, 0.4) is 0 Å². The second kappa shape index (κ2) is 6.14. The molecule has 2 aliphatic heterocycles. The monoisotopic (exact) mass is 243 g/mol. The van der Waals surface area contributed by atoms with Gasteiger partial charge in [0.05, 0.1) is 31.5 Å². The highest BCUT2D eigenvalue weighted by molar-refractivity contribution is 4.86. The van der Waals surface area contributed by atoms with Crippen molar-refractivity contribution in [2.75, 3.05) is 33.0 Å². The normalized spacial score (nSPS) is 39.2. The minimum Gasteiger partial charge on any atom is -0.376 e. The van der Waals surface area contributed by atoms with Gasteiger partial charge < -0.3 is 19.5 Å². The summed E-state index contributed by atoms with van der Waals surface area (Å²) in [5.74, 6) is 0. The van der Waals surface area contributed by atoms with Crippen LogP contribution in [0.4, 0.5) is 0 Å². The summed E-state index contributed by atoms with van der Waals surface area (Å²) in [6.45, 7) is 8.35. The first-order valence-corrected chi connectivity index (χ1v) is 6.78. The van der Waals surface area contributed by atoms with Crippen molar-refractivity contribution in [1.82, 2.24) is 5.32 Å². The Labute approximate surface area is 104 Å². The fourth-order valence-corrected chi connectivity index (χ4v) is 2.50. The van der Waals surface area contributed by atoms with Crippen LogP contribution < -0.4 is 5.32 Å². The molecule has 100 valence electrons. The molecule has 0 bridgehead atoms. The van der Waals surface area contributed by atoms with Gasteiger partial charge in [0.1, 0.15) is 0 Å². The van der Waals surface area contributed by atoms with Crippen molar-refractivity contribution in [2.45, 2.75) is 50.9 Å². The lowest BCUT2D eigenvalue weighted by Gasteiger charge is -2.38. The summed E-state index contributed by atoms with van der Waals surface area (Å²) in [5.41, 5.74) is 0.0554. The molecule has 1 N–H and O–H groups in total. The predicted molar refractivity (Wildman–Crippen MR) is 66.2 cm³/mol. The van der Waals surface area contributed by atoms with Gasteiger partial charge in [-0.2, -0.15) is 0 Å². The first-order valence-electron chi connectivity index (χ1n) is 6.78. The standard InChI is InChI=1S/C13H25NO3/c1-3-13(2)8-11(4-5-17-13)14-9-12-10-15-6-7-16-12/h11-12,14H,3-10H2,1-2H3. The molecule has 2 fully saturated rings. The molecule has 2 saturated heterocycles. The smallest absolute Gasteiger partial charge is 0.0933 e. The van der Waals surface area contributed by atoms with E-state index in [1.54, 1.807) is 0 Å². The van der Waals surface area contributed by atoms with Crippen molar-refractivity contribution in [1.29, 1.82) is 0 Å². The van der Waals surface area contributed by atoms with Crippen molar-refractivity contribution in [3.8, 4) is 0 Å². The number of hydrogen-bond acceptors (Lipinski definition) is 4. The summed E-state index contributed by atoms with van der Waals surface area (Å²) < 4.78 is 16.9. The van der Waals surface area contributed by atoms with E-state index in [0.717, 1.165) is 52.2 Å². The molecule has 0 radical (unpaired) electrons. The van der Waals surface area contributed by atoms with Gasteiger partial charge in [-0.3, -0.25) is 0 Å². The average molecular weight is 243 g/mol. The van der Waals surface area contributed by atoms with E-state index in [1.165, 1.54) is 0 Å². The Kier molecular flexibility index (Phi) is 4.79. The van der Waals surface area contributed by atoms with Crippen LogP contribution in [-0.2, 0) is 14.2 Å². The summed E-state index contributed by atoms with van der Waals surface area (Å²) in [5, 5.41) is 3.60. The van der Waals surface area contributed by atoms with Crippen LogP contribution >= 0.6 is 0 Å². The summed E-state index contributed by atoms with van der Waals surface area (Å²) in [4.78, 5) is 0. The van der Waals surface area contributed by atoms with Crippen LogP contribution in [0.2, 0.25) is 0 Å². The van der Waals surface area contributed by atoms with Gasteiger partial charge in [-0.1, -0.05) is 6.92 Å². The van der Waals surface area contributed by atoms with E-state index >= 15 is 0 Å². The zero-order valence-electron chi connectivity index (χ0n) is 11.0. The van der Waals surface area contributed by atoms with Gasteiger partial charge in [-0.15, -0.1) is 0 Å². The first-order chi connectivity index (χ1) is 8.22. The first kappa shape index (κ1) is 13.3. The van der Waals surface area contributed by atoms with E-state index in [4.69, 9.17) is 14.2 Å². The fourth-order valence-electron chi connectivity index (χ4n) is 2.50. The summed E-state index contributed by atoms with van der Waals surface area (Å²) in [7, 11) is 0. The van der Waals surface area contributed by atoms with Gasteiger partial charge in [-0.05, 0) is 26.2 Å². The molecule has 0 aliphatic carbocycles. The molecule has 4 nitrogen and oxygen atoms in total. The zero-order valence-corrected chi connectivity index (χ0v) is 11.0. The SMILES string of the molecule is CCC1(C)CC(NCC2COCCO2)CCO1. The van der Waals surface area contributed by atoms with Crippen molar-refractivity contribution in [3.63, 3.8) is 0 Å². The molecule has 3 atom stereocenters. The zero-order chi connectivity index (χ0) is 12.1. The minimum atomic E-state index is 0.0554. The molecule has 0 aromatic heterocycles. The number of ether oxygens (including phenoxy) is 3. The minimum absolute atomic E-state index is 0.0554. The van der Waals surface area contributed by atoms with Crippen LogP contribution in [-0.4, -0.2) is 50.7 Å². The summed E-state index contributed by atoms with van der Waals surface area (Å²) in [6, 6.07) is 0.555. The predicted octanol–water partition coefficient (Wildman–Crippen LogP) is 1.34. The lowest BCUT2D eigenvalue weighted by molar-refractivity contribution is -0.0960. The van der Waals surface area contributed by atoms with E-state index in [1.807, 2.05) is 0 Å². The van der Waals surface area contributed by atoms with Gasteiger partial charge in [-0.25, -0.2) is 0 Å². The fraction of sp³-hybridized carbons (Fsp3) is 1.00. The van der Waals surface area contributed by atoms with E-state index < -0.39 is 0 Å². The highest BCUT2D eigenvalue weighted by Crippen LogP contribution is 2.27. The third-order valence-electron chi connectivity index (χ3n) is 3.86. The molecule has 4 heteroatoms. The number of hydrogen-bond donors (Lipinski definition) is 1. The molecule has 0 saturated carbocycles. The van der Waals surface area contributed by atoms with Crippen LogP contribution in [0.5, 0.6) is 0 Å². The Morgan fingerprint density at radius 1 is 1.29 bits per heavy atom. The molecule has 0 aromatic rings. The lowest BCUT2D eigenvalue weighted by Crippen LogP contribution is -2.48. The van der Waals surface area contributed by atoms with Crippen molar-refractivity contribution < 1.29 is 14.2 Å². The molecular weight excluding hydrogens is 218 g/mol. The molecule has 3 unspecified atom stereocenters. The van der Waals surface area contributed by atoms with Crippen LogP contribution in [0.25, 0.3) is 0 Å². The Morgan fingerprint density at radius 3 is 2.88 bits per heavy atom. The summed E-state index contributed by atoms with van der Waals surface area (Å²) in [6.07, 6.45) is 3.49. The lowest BCUT2D eigenvalue weighted by atomic mass is 9.90.